The van der Waals surface area contributed by atoms with Crippen molar-refractivity contribution in [3.63, 3.8) is 0 Å². The molecule has 0 spiro atoms. The minimum Gasteiger partial charge on any atom is -0.455 e. The van der Waals surface area contributed by atoms with Crippen LogP contribution in [0, 0.1) is 33.3 Å². The Morgan fingerprint density at radius 3 is 2.47 bits per heavy atom. The highest BCUT2D eigenvalue weighted by molar-refractivity contribution is 7.90. The number of anilines is 2. The number of H-pyrrole nitrogens is 1. The Morgan fingerprint density at radius 2 is 1.70 bits per heavy atom. The van der Waals surface area contributed by atoms with Gasteiger partial charge >= 0.3 is 0 Å². The summed E-state index contributed by atoms with van der Waals surface area (Å²) in [5, 5.41) is 19.6. The summed E-state index contributed by atoms with van der Waals surface area (Å²) in [4.78, 5) is 94.4. The first-order chi connectivity index (χ1) is 43.8. The number of carbonyl (C=O) groups is 5. The fourth-order valence-electron chi connectivity index (χ4n) is 13.7. The minimum atomic E-state index is -4.65. The molecule has 12 rings (SSSR count). The van der Waals surface area contributed by atoms with Crippen molar-refractivity contribution in [1.82, 2.24) is 39.6 Å². The minimum absolute atomic E-state index is 0.0637. The number of aromatic nitrogens is 2. The van der Waals surface area contributed by atoms with E-state index < -0.39 is 43.4 Å². The highest BCUT2D eigenvalue weighted by Gasteiger charge is 2.40. The van der Waals surface area contributed by atoms with Crippen molar-refractivity contribution in [2.75, 3.05) is 75.7 Å². The molecule has 1 atom stereocenters. The van der Waals surface area contributed by atoms with Gasteiger partial charge < -0.3 is 29.7 Å². The molecule has 474 valence electrons. The van der Waals surface area contributed by atoms with Gasteiger partial charge in [0, 0.05) is 130 Å². The summed E-state index contributed by atoms with van der Waals surface area (Å²) >= 11 is 6.28. The number of unbranched alkanes of at least 4 members (excludes halogenated alkanes) is 1. The summed E-state index contributed by atoms with van der Waals surface area (Å²) in [6, 6.07) is 25.3. The zero-order valence-electron chi connectivity index (χ0n) is 51.1. The van der Waals surface area contributed by atoms with E-state index in [0.29, 0.717) is 74.1 Å². The Balaban J connectivity index is 0.626. The molecule has 6 aliphatic rings. The second kappa shape index (κ2) is 26.7. The van der Waals surface area contributed by atoms with Crippen molar-refractivity contribution in [2.24, 2.45) is 11.3 Å². The quantitative estimate of drug-likeness (QED) is 0.0206. The van der Waals surface area contributed by atoms with E-state index in [4.69, 9.17) is 16.3 Å². The standard InChI is InChI=1S/C68H74ClN11O10S/c1-68(2)26-24-48(56(38-68)46-12-14-49(69)15-13-46)41-75-29-31-76(32-30-75)51-18-20-55(61(36-51)90-52-35-47-25-27-70-64(47)72-40-52)65(83)74-91(88,89)53-19-21-58(60(37-53)80(86)87)71-39-44-10-16-50(17-11-44)78-34-33-77(63(82)43-78)28-5-3-4-7-45-8-6-9-54-57(45)42-79(67(54)85)59-22-23-62(81)73-66(59)84/h6,8-9,12-15,18-21,25,27,35-37,40,44,50,59,71H,3,5,10-11,16-17,22-24,26,28-34,38-39,41-43H2,1-2H3,(H,70,72)(H,74,83)(H,73,81,84). The largest absolute Gasteiger partial charge is 0.455 e. The third-order valence-corrected chi connectivity index (χ3v) is 20.4. The van der Waals surface area contributed by atoms with E-state index >= 15 is 0 Å². The first kappa shape index (κ1) is 62.6. The van der Waals surface area contributed by atoms with Crippen LogP contribution in [0.5, 0.6) is 11.5 Å². The number of aromatic amines is 1. The fraction of sp³-hybridized carbons (Fsp3) is 0.412. The van der Waals surface area contributed by atoms with Crippen LogP contribution in [-0.2, 0) is 31.0 Å². The number of halogens is 1. The van der Waals surface area contributed by atoms with Crippen LogP contribution < -0.4 is 25.0 Å². The van der Waals surface area contributed by atoms with Crippen LogP contribution in [0.2, 0.25) is 5.02 Å². The van der Waals surface area contributed by atoms with Gasteiger partial charge in [0.05, 0.1) is 28.1 Å². The number of nitrogens with one attached hydrogen (secondary N) is 4. The molecule has 1 saturated carbocycles. The number of carbonyl (C=O) groups excluding carboxylic acids is 5. The molecular weight excluding hydrogens is 1200 g/mol. The number of ether oxygens (including phenoxy) is 1. The Labute approximate surface area is 534 Å². The number of benzene rings is 4. The summed E-state index contributed by atoms with van der Waals surface area (Å²) < 4.78 is 36.6. The van der Waals surface area contributed by atoms with Gasteiger partial charge in [-0.3, -0.25) is 49.2 Å². The molecule has 3 saturated heterocycles. The third-order valence-electron chi connectivity index (χ3n) is 18.8. The molecule has 4 aromatic carbocycles. The lowest BCUT2D eigenvalue weighted by atomic mass is 9.72. The molecule has 4 N–H and O–H groups in total. The molecule has 0 radical (unpaired) electrons. The monoisotopic (exact) mass is 1270 g/mol. The van der Waals surface area contributed by atoms with Gasteiger partial charge in [0.25, 0.3) is 27.5 Å². The normalized spacial score (nSPS) is 20.7. The van der Waals surface area contributed by atoms with Crippen molar-refractivity contribution < 1.29 is 42.1 Å². The van der Waals surface area contributed by atoms with Crippen molar-refractivity contribution >= 4 is 84.8 Å². The Hall–Kier alpha value is -8.62. The number of nitrogens with zero attached hydrogens (tertiary/aromatic N) is 7. The zero-order valence-corrected chi connectivity index (χ0v) is 52.7. The third kappa shape index (κ3) is 14.3. The average molecular weight is 1270 g/mol. The molecular formula is C68H74ClN11O10S. The number of hydrogen-bond donors (Lipinski definition) is 4. The van der Waals surface area contributed by atoms with Crippen LogP contribution in [0.25, 0.3) is 16.6 Å². The van der Waals surface area contributed by atoms with E-state index in [-0.39, 0.29) is 71.5 Å². The van der Waals surface area contributed by atoms with E-state index in [0.717, 1.165) is 99.4 Å². The molecule has 6 heterocycles. The molecule has 21 nitrogen and oxygen atoms in total. The number of imide groups is 1. The number of nitro groups is 1. The first-order valence-corrected chi connectivity index (χ1v) is 33.2. The van der Waals surface area contributed by atoms with Crippen LogP contribution >= 0.6 is 11.6 Å². The molecule has 23 heteroatoms. The molecule has 0 bridgehead atoms. The SMILES string of the molecule is CC1(C)CCC(CN2CCN(c3ccc(C(=O)NS(=O)(=O)c4ccc(NCC5CCC(N6CCN(CCCC#Cc7cccc8c7CN(C7CCC(=O)NC7=O)C8=O)C(=O)C6)CC5)c([N+](=O)[O-])c4)c(Oc4cnc5[nH]ccc5c4)c3)CC2)=C(c2ccc(Cl)cc2)C1. The molecule has 4 aliphatic heterocycles. The van der Waals surface area contributed by atoms with E-state index in [1.54, 1.807) is 36.5 Å². The van der Waals surface area contributed by atoms with Crippen molar-refractivity contribution in [3.05, 3.63) is 152 Å². The van der Waals surface area contributed by atoms with Gasteiger partial charge in [-0.25, -0.2) is 18.1 Å². The average Bonchev–Trinajstić information content (AvgIpc) is 1.79. The summed E-state index contributed by atoms with van der Waals surface area (Å²) in [6.45, 7) is 11.4. The number of sulfonamides is 1. The Morgan fingerprint density at radius 1 is 0.901 bits per heavy atom. The van der Waals surface area contributed by atoms with Gasteiger partial charge in [-0.2, -0.15) is 0 Å². The number of fused-ring (bicyclic) bond motifs is 2. The lowest BCUT2D eigenvalue weighted by Gasteiger charge is -2.41. The lowest BCUT2D eigenvalue weighted by molar-refractivity contribution is -0.384. The van der Waals surface area contributed by atoms with Gasteiger partial charge in [-0.05, 0) is 146 Å². The van der Waals surface area contributed by atoms with Gasteiger partial charge in [0.1, 0.15) is 28.9 Å². The van der Waals surface area contributed by atoms with E-state index in [2.05, 4.69) is 77.8 Å². The smallest absolute Gasteiger partial charge is 0.293 e. The molecule has 2 aromatic heterocycles. The highest BCUT2D eigenvalue weighted by Crippen LogP contribution is 2.44. The molecule has 6 aromatic rings. The number of amides is 5. The lowest BCUT2D eigenvalue weighted by Crippen LogP contribution is -2.54. The van der Waals surface area contributed by atoms with E-state index in [1.165, 1.54) is 46.0 Å². The van der Waals surface area contributed by atoms with Crippen molar-refractivity contribution in [2.45, 2.75) is 108 Å². The number of piperidine rings is 1. The number of allylic oxidation sites excluding steroid dienone is 1. The van der Waals surface area contributed by atoms with Crippen LogP contribution in [0.1, 0.15) is 122 Å². The number of rotatable bonds is 18. The highest BCUT2D eigenvalue weighted by atomic mass is 35.5. The van der Waals surface area contributed by atoms with Crippen LogP contribution in [-0.4, -0.2) is 150 Å². The first-order valence-electron chi connectivity index (χ1n) is 31.4. The maximum atomic E-state index is 14.2. The van der Waals surface area contributed by atoms with Gasteiger partial charge in [0.15, 0.2) is 0 Å². The fourth-order valence-corrected chi connectivity index (χ4v) is 14.8. The predicted octanol–water partition coefficient (Wildman–Crippen LogP) is 9.53. The van der Waals surface area contributed by atoms with E-state index in [1.807, 2.05) is 29.2 Å². The maximum Gasteiger partial charge on any atom is 0.293 e. The van der Waals surface area contributed by atoms with E-state index in [9.17, 15) is 42.5 Å². The van der Waals surface area contributed by atoms with Crippen molar-refractivity contribution in [3.8, 4) is 23.3 Å². The van der Waals surface area contributed by atoms with Crippen molar-refractivity contribution in [1.29, 1.82) is 0 Å². The molecule has 91 heavy (non-hydrogen) atoms. The summed E-state index contributed by atoms with van der Waals surface area (Å²) in [6.07, 6.45) is 11.5. The molecule has 4 fully saturated rings. The second-order valence-corrected chi connectivity index (χ2v) is 27.6. The van der Waals surface area contributed by atoms with Crippen LogP contribution in [0.3, 0.4) is 0 Å². The molecule has 1 unspecified atom stereocenters. The number of hydrogen-bond acceptors (Lipinski definition) is 15. The summed E-state index contributed by atoms with van der Waals surface area (Å²) in [7, 11) is -4.65. The molecule has 2 aliphatic carbocycles. The van der Waals surface area contributed by atoms with Gasteiger partial charge in [-0.1, -0.05) is 61.1 Å². The Bertz CT molecular complexity index is 4050. The number of nitro benzene ring substituents is 1. The Kier molecular flexibility index (Phi) is 18.3. The summed E-state index contributed by atoms with van der Waals surface area (Å²) in [5.41, 5.74) is 7.35. The van der Waals surface area contributed by atoms with Crippen LogP contribution in [0.15, 0.2) is 114 Å². The van der Waals surface area contributed by atoms with Gasteiger partial charge in [-0.15, -0.1) is 0 Å². The summed E-state index contributed by atoms with van der Waals surface area (Å²) in [5.74, 6) is 5.09. The maximum absolute atomic E-state index is 14.2. The zero-order chi connectivity index (χ0) is 63.6. The number of pyridine rings is 1. The molecule has 5 amide bonds. The van der Waals surface area contributed by atoms with Crippen LogP contribution in [0.4, 0.5) is 17.1 Å². The second-order valence-electron chi connectivity index (χ2n) is 25.5. The number of piperazine rings is 2. The predicted molar refractivity (Wildman–Crippen MR) is 346 cm³/mol. The van der Waals surface area contributed by atoms with Gasteiger partial charge in [0.2, 0.25) is 17.7 Å². The topological polar surface area (TPSA) is 253 Å².